The van der Waals surface area contributed by atoms with Crippen molar-refractivity contribution >= 4 is 21.7 Å². The fourth-order valence-corrected chi connectivity index (χ4v) is 3.15. The summed E-state index contributed by atoms with van der Waals surface area (Å²) in [7, 11) is -2.06. The Morgan fingerprint density at radius 3 is 2.52 bits per heavy atom. The highest BCUT2D eigenvalue weighted by molar-refractivity contribution is 7.89. The van der Waals surface area contributed by atoms with Crippen LogP contribution in [0.2, 0.25) is 0 Å². The molecule has 9 nitrogen and oxygen atoms in total. The van der Waals surface area contributed by atoms with Gasteiger partial charge in [-0.3, -0.25) is 14.9 Å². The highest BCUT2D eigenvalue weighted by Crippen LogP contribution is 2.26. The lowest BCUT2D eigenvalue weighted by molar-refractivity contribution is -0.387. The number of likely N-dealkylation sites (N-methyl/N-ethyl adjacent to an activating group) is 1. The van der Waals surface area contributed by atoms with E-state index in [0.29, 0.717) is 4.31 Å². The van der Waals surface area contributed by atoms with E-state index in [1.165, 1.54) is 12.1 Å². The standard InChI is InChI=1S/C11H15N3O6S/c1-13(9(7-12)11(15)20-2)21(18,19)10-6-4-3-5-8(10)14(16)17/h3-6,9H,7,12H2,1-2H3. The Kier molecular flexibility index (Phi) is 5.35. The summed E-state index contributed by atoms with van der Waals surface area (Å²) in [5.41, 5.74) is 4.80. The first-order chi connectivity index (χ1) is 9.77. The van der Waals surface area contributed by atoms with Gasteiger partial charge in [0.25, 0.3) is 5.69 Å². The smallest absolute Gasteiger partial charge is 0.325 e. The number of carbonyl (C=O) groups is 1. The molecule has 1 aromatic rings. The number of nitro groups is 1. The molecule has 21 heavy (non-hydrogen) atoms. The Morgan fingerprint density at radius 1 is 1.48 bits per heavy atom. The van der Waals surface area contributed by atoms with Gasteiger partial charge in [0.1, 0.15) is 6.04 Å². The zero-order valence-electron chi connectivity index (χ0n) is 11.4. The third-order valence-corrected chi connectivity index (χ3v) is 4.77. The molecule has 0 amide bonds. The minimum absolute atomic E-state index is 0.316. The summed E-state index contributed by atoms with van der Waals surface area (Å²) in [6.07, 6.45) is 0. The summed E-state index contributed by atoms with van der Waals surface area (Å²) in [4.78, 5) is 21.1. The number of benzene rings is 1. The molecule has 10 heteroatoms. The molecule has 0 bridgehead atoms. The predicted octanol–water partition coefficient (Wildman–Crippen LogP) is -0.284. The third-order valence-electron chi connectivity index (χ3n) is 2.85. The van der Waals surface area contributed by atoms with Crippen LogP contribution >= 0.6 is 0 Å². The molecule has 116 valence electrons. The first-order valence-corrected chi connectivity index (χ1v) is 7.20. The Balaban J connectivity index is 3.34. The molecular weight excluding hydrogens is 302 g/mol. The van der Waals surface area contributed by atoms with Gasteiger partial charge in [-0.2, -0.15) is 4.31 Å². The normalized spacial score (nSPS) is 13.0. The van der Waals surface area contributed by atoms with Gasteiger partial charge in [0, 0.05) is 19.7 Å². The van der Waals surface area contributed by atoms with Gasteiger partial charge in [-0.1, -0.05) is 12.1 Å². The number of nitrogens with two attached hydrogens (primary N) is 1. The van der Waals surface area contributed by atoms with Crippen LogP contribution in [0.1, 0.15) is 0 Å². The molecule has 0 fully saturated rings. The van der Waals surface area contributed by atoms with Crippen LogP contribution in [0, 0.1) is 10.1 Å². The van der Waals surface area contributed by atoms with Crippen LogP contribution in [0.15, 0.2) is 29.2 Å². The van der Waals surface area contributed by atoms with Crippen molar-refractivity contribution in [3.05, 3.63) is 34.4 Å². The van der Waals surface area contributed by atoms with E-state index in [9.17, 15) is 23.3 Å². The lowest BCUT2D eigenvalue weighted by Crippen LogP contribution is -2.47. The molecule has 1 atom stereocenters. The van der Waals surface area contributed by atoms with E-state index in [4.69, 9.17) is 5.73 Å². The highest BCUT2D eigenvalue weighted by atomic mass is 32.2. The van der Waals surface area contributed by atoms with E-state index in [1.807, 2.05) is 0 Å². The second kappa shape index (κ2) is 6.61. The average Bonchev–Trinajstić information content (AvgIpc) is 2.47. The maximum Gasteiger partial charge on any atom is 0.325 e. The van der Waals surface area contributed by atoms with Gasteiger partial charge in [-0.05, 0) is 6.07 Å². The molecule has 0 aliphatic carbocycles. The Bertz CT molecular complexity index is 645. The monoisotopic (exact) mass is 317 g/mol. The Morgan fingerprint density at radius 2 is 2.05 bits per heavy atom. The van der Waals surface area contributed by atoms with E-state index >= 15 is 0 Å². The molecule has 0 aliphatic rings. The van der Waals surface area contributed by atoms with Gasteiger partial charge in [0.05, 0.1) is 12.0 Å². The van der Waals surface area contributed by atoms with Crippen molar-refractivity contribution < 1.29 is 22.9 Å². The van der Waals surface area contributed by atoms with Gasteiger partial charge >= 0.3 is 5.97 Å². The summed E-state index contributed by atoms with van der Waals surface area (Å²) in [5, 5.41) is 10.9. The lowest BCUT2D eigenvalue weighted by Gasteiger charge is -2.24. The number of para-hydroxylation sites is 1. The van der Waals surface area contributed by atoms with Gasteiger partial charge in [0.2, 0.25) is 10.0 Å². The van der Waals surface area contributed by atoms with Gasteiger partial charge < -0.3 is 10.5 Å². The van der Waals surface area contributed by atoms with Crippen LogP contribution in [0.3, 0.4) is 0 Å². The molecule has 0 spiro atoms. The number of esters is 1. The number of carbonyl (C=O) groups excluding carboxylic acids is 1. The van der Waals surface area contributed by atoms with Crippen LogP contribution in [-0.4, -0.2) is 50.4 Å². The zero-order valence-corrected chi connectivity index (χ0v) is 12.2. The van der Waals surface area contributed by atoms with Crippen molar-refractivity contribution in [2.45, 2.75) is 10.9 Å². The molecular formula is C11H15N3O6S. The topological polar surface area (TPSA) is 133 Å². The molecule has 0 aliphatic heterocycles. The van der Waals surface area contributed by atoms with Crippen molar-refractivity contribution in [1.82, 2.24) is 4.31 Å². The molecule has 0 heterocycles. The van der Waals surface area contributed by atoms with Crippen molar-refractivity contribution in [1.29, 1.82) is 0 Å². The minimum Gasteiger partial charge on any atom is -0.468 e. The second-order valence-corrected chi connectivity index (χ2v) is 5.99. The summed E-state index contributed by atoms with van der Waals surface area (Å²) in [6.45, 7) is -0.316. The van der Waals surface area contributed by atoms with Crippen molar-refractivity contribution in [3.8, 4) is 0 Å². The number of nitro benzene ring substituents is 1. The van der Waals surface area contributed by atoms with Gasteiger partial charge in [-0.25, -0.2) is 8.42 Å². The van der Waals surface area contributed by atoms with Crippen molar-refractivity contribution in [2.24, 2.45) is 5.73 Å². The molecule has 0 radical (unpaired) electrons. The van der Waals surface area contributed by atoms with Crippen LogP contribution in [-0.2, 0) is 19.6 Å². The van der Waals surface area contributed by atoms with Gasteiger partial charge in [0.15, 0.2) is 4.90 Å². The maximum absolute atomic E-state index is 12.4. The average molecular weight is 317 g/mol. The Hall–Kier alpha value is -2.04. The molecule has 0 saturated heterocycles. The number of nitrogens with zero attached hydrogens (tertiary/aromatic N) is 2. The summed E-state index contributed by atoms with van der Waals surface area (Å²) in [6, 6.07) is 3.59. The number of hydrogen-bond acceptors (Lipinski definition) is 7. The lowest BCUT2D eigenvalue weighted by atomic mass is 10.3. The number of hydrogen-bond donors (Lipinski definition) is 1. The van der Waals surface area contributed by atoms with E-state index < -0.39 is 37.5 Å². The minimum atomic E-state index is -4.27. The summed E-state index contributed by atoms with van der Waals surface area (Å²) >= 11 is 0. The zero-order chi connectivity index (χ0) is 16.2. The summed E-state index contributed by atoms with van der Waals surface area (Å²) < 4.78 is 30.0. The fourth-order valence-electron chi connectivity index (χ4n) is 1.68. The molecule has 1 aromatic carbocycles. The predicted molar refractivity (Wildman–Crippen MR) is 72.9 cm³/mol. The van der Waals surface area contributed by atoms with E-state index in [-0.39, 0.29) is 6.54 Å². The van der Waals surface area contributed by atoms with Crippen LogP contribution in [0.25, 0.3) is 0 Å². The molecule has 0 aromatic heterocycles. The van der Waals surface area contributed by atoms with Crippen LogP contribution in [0.5, 0.6) is 0 Å². The quantitative estimate of drug-likeness (QED) is 0.433. The van der Waals surface area contributed by atoms with E-state index in [1.54, 1.807) is 0 Å². The maximum atomic E-state index is 12.4. The highest BCUT2D eigenvalue weighted by Gasteiger charge is 2.36. The number of methoxy groups -OCH3 is 1. The molecule has 2 N–H and O–H groups in total. The van der Waals surface area contributed by atoms with E-state index in [0.717, 1.165) is 26.3 Å². The molecule has 1 unspecified atom stereocenters. The van der Waals surface area contributed by atoms with Crippen LogP contribution in [0.4, 0.5) is 5.69 Å². The Labute approximate surface area is 121 Å². The first-order valence-electron chi connectivity index (χ1n) is 5.76. The number of sulfonamides is 1. The molecule has 0 saturated carbocycles. The fraction of sp³-hybridized carbons (Fsp3) is 0.364. The summed E-state index contributed by atoms with van der Waals surface area (Å²) in [5.74, 6) is -0.845. The van der Waals surface area contributed by atoms with Gasteiger partial charge in [-0.15, -0.1) is 0 Å². The largest absolute Gasteiger partial charge is 0.468 e. The van der Waals surface area contributed by atoms with Crippen molar-refractivity contribution in [2.75, 3.05) is 20.7 Å². The van der Waals surface area contributed by atoms with Crippen LogP contribution < -0.4 is 5.73 Å². The SMILES string of the molecule is COC(=O)C(CN)N(C)S(=O)(=O)c1ccccc1[N+](=O)[O-]. The van der Waals surface area contributed by atoms with E-state index in [2.05, 4.69) is 4.74 Å². The molecule has 1 rings (SSSR count). The van der Waals surface area contributed by atoms with Crippen molar-refractivity contribution in [3.63, 3.8) is 0 Å². The first kappa shape index (κ1) is 17.0. The number of ether oxygens (including phenoxy) is 1. The number of rotatable bonds is 6. The second-order valence-electron chi connectivity index (χ2n) is 4.02. The third kappa shape index (κ3) is 3.35.